The minimum Gasteiger partial charge on any atom is -0.317 e. The second kappa shape index (κ2) is 2.49. The third-order valence-electron chi connectivity index (χ3n) is 1.58. The number of rotatable bonds is 0. The summed E-state index contributed by atoms with van der Waals surface area (Å²) >= 11 is 0. The molecular formula is C6H6N4O2S. The van der Waals surface area contributed by atoms with Crippen molar-refractivity contribution in [3.05, 3.63) is 12.4 Å². The normalized spacial score (nSPS) is 18.4. The summed E-state index contributed by atoms with van der Waals surface area (Å²) < 4.78 is 25.9. The zero-order valence-electron chi connectivity index (χ0n) is 6.75. The number of aromatic nitrogens is 2. The van der Waals surface area contributed by atoms with Gasteiger partial charge in [0, 0.05) is 19.4 Å². The third kappa shape index (κ3) is 1.17. The van der Waals surface area contributed by atoms with Crippen molar-refractivity contribution in [2.24, 2.45) is 4.40 Å². The number of hydrogen-bond acceptors (Lipinski definition) is 5. The summed E-state index contributed by atoms with van der Waals surface area (Å²) in [7, 11) is -1.96. The first-order chi connectivity index (χ1) is 6.11. The van der Waals surface area contributed by atoms with Gasteiger partial charge in [-0.2, -0.15) is 8.42 Å². The zero-order chi connectivity index (χ0) is 9.47. The average Bonchev–Trinajstić information content (AvgIpc) is 2.13. The Morgan fingerprint density at radius 2 is 2.00 bits per heavy atom. The topological polar surface area (TPSA) is 75.5 Å². The first kappa shape index (κ1) is 8.11. The molecule has 0 aromatic carbocycles. The van der Waals surface area contributed by atoms with E-state index in [-0.39, 0.29) is 5.03 Å². The lowest BCUT2D eigenvalue weighted by molar-refractivity contribution is 0.593. The van der Waals surface area contributed by atoms with E-state index in [4.69, 9.17) is 0 Å². The van der Waals surface area contributed by atoms with Gasteiger partial charge in [-0.25, -0.2) is 9.97 Å². The summed E-state index contributed by atoms with van der Waals surface area (Å²) in [4.78, 5) is 9.11. The van der Waals surface area contributed by atoms with Crippen LogP contribution in [0.3, 0.4) is 0 Å². The second-order valence-electron chi connectivity index (χ2n) is 2.49. The molecule has 0 radical (unpaired) electrons. The van der Waals surface area contributed by atoms with Gasteiger partial charge in [-0.05, 0) is 0 Å². The summed E-state index contributed by atoms with van der Waals surface area (Å²) in [5.74, 6) is 0.303. The highest BCUT2D eigenvalue weighted by Gasteiger charge is 2.25. The average molecular weight is 198 g/mol. The van der Waals surface area contributed by atoms with Crippen molar-refractivity contribution < 1.29 is 8.42 Å². The fraction of sp³-hybridized carbons (Fsp3) is 0.167. The van der Waals surface area contributed by atoms with Gasteiger partial charge in [0.05, 0.1) is 0 Å². The van der Waals surface area contributed by atoms with E-state index in [2.05, 4.69) is 14.4 Å². The van der Waals surface area contributed by atoms with Crippen molar-refractivity contribution >= 4 is 22.2 Å². The van der Waals surface area contributed by atoms with Gasteiger partial charge >= 0.3 is 10.0 Å². The minimum atomic E-state index is -3.62. The van der Waals surface area contributed by atoms with Gasteiger partial charge in [-0.15, -0.1) is 4.40 Å². The Morgan fingerprint density at radius 1 is 1.31 bits per heavy atom. The number of fused-ring (bicyclic) bond motifs is 1. The molecule has 13 heavy (non-hydrogen) atoms. The molecule has 2 rings (SSSR count). The van der Waals surface area contributed by atoms with Crippen LogP contribution in [0.15, 0.2) is 21.8 Å². The van der Waals surface area contributed by atoms with Crippen LogP contribution in [0.25, 0.3) is 0 Å². The molecule has 0 amide bonds. The molecule has 1 aliphatic heterocycles. The molecule has 0 saturated carbocycles. The van der Waals surface area contributed by atoms with Gasteiger partial charge in [0.25, 0.3) is 0 Å². The molecule has 1 aliphatic rings. The highest BCUT2D eigenvalue weighted by molar-refractivity contribution is 7.90. The number of sulfonamides is 1. The summed E-state index contributed by atoms with van der Waals surface area (Å²) in [6.07, 6.45) is 3.96. The molecule has 1 aromatic rings. The van der Waals surface area contributed by atoms with E-state index in [1.807, 2.05) is 0 Å². The maximum atomic E-state index is 11.3. The van der Waals surface area contributed by atoms with E-state index in [0.29, 0.717) is 5.82 Å². The molecule has 0 bridgehead atoms. The molecule has 0 atom stereocenters. The summed E-state index contributed by atoms with van der Waals surface area (Å²) in [6.45, 7) is 0. The Morgan fingerprint density at radius 3 is 2.69 bits per heavy atom. The number of nitrogens with zero attached hydrogens (tertiary/aromatic N) is 4. The van der Waals surface area contributed by atoms with Crippen molar-refractivity contribution in [3.63, 3.8) is 0 Å². The van der Waals surface area contributed by atoms with Crippen molar-refractivity contribution in [1.29, 1.82) is 0 Å². The van der Waals surface area contributed by atoms with Crippen LogP contribution < -0.4 is 4.90 Å². The molecule has 1 aromatic heterocycles. The van der Waals surface area contributed by atoms with E-state index in [1.54, 1.807) is 7.05 Å². The summed E-state index contributed by atoms with van der Waals surface area (Å²) in [5.41, 5.74) is 0. The van der Waals surface area contributed by atoms with Crippen LogP contribution >= 0.6 is 0 Å². The molecule has 0 saturated heterocycles. The van der Waals surface area contributed by atoms with E-state index in [1.165, 1.54) is 23.6 Å². The lowest BCUT2D eigenvalue weighted by Crippen LogP contribution is -2.24. The highest BCUT2D eigenvalue weighted by atomic mass is 32.2. The maximum absolute atomic E-state index is 11.3. The number of anilines is 1. The molecule has 6 nitrogen and oxygen atoms in total. The molecule has 7 heteroatoms. The van der Waals surface area contributed by atoms with Crippen LogP contribution in [-0.4, -0.2) is 31.8 Å². The van der Waals surface area contributed by atoms with Crippen molar-refractivity contribution in [2.45, 2.75) is 5.03 Å². The van der Waals surface area contributed by atoms with Crippen LogP contribution in [-0.2, 0) is 10.0 Å². The molecular weight excluding hydrogens is 192 g/mol. The Kier molecular flexibility index (Phi) is 1.56. The Balaban J connectivity index is 2.76. The predicted octanol–water partition coefficient (Wildman–Crippen LogP) is -0.357. The van der Waals surface area contributed by atoms with Gasteiger partial charge in [-0.3, -0.25) is 0 Å². The first-order valence-electron chi connectivity index (χ1n) is 3.45. The second-order valence-corrected chi connectivity index (χ2v) is 4.04. The van der Waals surface area contributed by atoms with Gasteiger partial charge < -0.3 is 4.90 Å². The molecule has 0 spiro atoms. The fourth-order valence-corrected chi connectivity index (χ4v) is 1.97. The SMILES string of the molecule is CN1C=NS(=O)(=O)c2nccnc21. The summed E-state index contributed by atoms with van der Waals surface area (Å²) in [6, 6.07) is 0. The van der Waals surface area contributed by atoms with Gasteiger partial charge in [0.1, 0.15) is 6.34 Å². The van der Waals surface area contributed by atoms with Gasteiger partial charge in [0.15, 0.2) is 5.82 Å². The van der Waals surface area contributed by atoms with Crippen LogP contribution in [0.5, 0.6) is 0 Å². The standard InChI is InChI=1S/C6H6N4O2S/c1-10-4-9-13(11,12)6-5(10)7-2-3-8-6/h2-4H,1H3. The fourth-order valence-electron chi connectivity index (χ4n) is 0.979. The minimum absolute atomic E-state index is 0.0972. The molecule has 0 aliphatic carbocycles. The molecule has 0 fully saturated rings. The van der Waals surface area contributed by atoms with E-state index < -0.39 is 10.0 Å². The van der Waals surface area contributed by atoms with Crippen molar-refractivity contribution in [1.82, 2.24) is 9.97 Å². The number of hydrogen-bond donors (Lipinski definition) is 0. The quantitative estimate of drug-likeness (QED) is 0.569. The Bertz CT molecular complexity index is 467. The van der Waals surface area contributed by atoms with Crippen molar-refractivity contribution in [3.8, 4) is 0 Å². The maximum Gasteiger partial charge on any atom is 0.304 e. The lowest BCUT2D eigenvalue weighted by atomic mass is 10.6. The van der Waals surface area contributed by atoms with Gasteiger partial charge in [-0.1, -0.05) is 0 Å². The van der Waals surface area contributed by atoms with Crippen LogP contribution in [0, 0.1) is 0 Å². The smallest absolute Gasteiger partial charge is 0.304 e. The third-order valence-corrected chi connectivity index (χ3v) is 2.73. The Hall–Kier alpha value is -1.50. The highest BCUT2D eigenvalue weighted by Crippen LogP contribution is 2.22. The molecule has 2 heterocycles. The van der Waals surface area contributed by atoms with Crippen LogP contribution in [0.4, 0.5) is 5.82 Å². The molecule has 0 unspecified atom stereocenters. The Labute approximate surface area is 75.0 Å². The largest absolute Gasteiger partial charge is 0.317 e. The predicted molar refractivity (Wildman–Crippen MR) is 46.1 cm³/mol. The van der Waals surface area contributed by atoms with E-state index in [0.717, 1.165) is 0 Å². The molecule has 0 N–H and O–H groups in total. The van der Waals surface area contributed by atoms with Crippen LogP contribution in [0.2, 0.25) is 0 Å². The van der Waals surface area contributed by atoms with E-state index >= 15 is 0 Å². The van der Waals surface area contributed by atoms with E-state index in [9.17, 15) is 8.42 Å². The monoisotopic (exact) mass is 198 g/mol. The van der Waals surface area contributed by atoms with Crippen LogP contribution in [0.1, 0.15) is 0 Å². The van der Waals surface area contributed by atoms with Gasteiger partial charge in [0.2, 0.25) is 5.03 Å². The lowest BCUT2D eigenvalue weighted by Gasteiger charge is -2.17. The van der Waals surface area contributed by atoms with Crippen molar-refractivity contribution in [2.75, 3.05) is 11.9 Å². The first-order valence-corrected chi connectivity index (χ1v) is 4.89. The molecule has 68 valence electrons. The summed E-state index contributed by atoms with van der Waals surface area (Å²) in [5, 5.41) is -0.0972. The zero-order valence-corrected chi connectivity index (χ0v) is 7.56.